The van der Waals surface area contributed by atoms with Crippen molar-refractivity contribution in [2.45, 2.75) is 45.1 Å². The van der Waals surface area contributed by atoms with E-state index in [-0.39, 0.29) is 0 Å². The molecule has 0 spiro atoms. The molecule has 0 aromatic heterocycles. The van der Waals surface area contributed by atoms with Crippen molar-refractivity contribution in [1.82, 2.24) is 9.80 Å². The van der Waals surface area contributed by atoms with Crippen molar-refractivity contribution in [3.63, 3.8) is 0 Å². The molecule has 3 rings (SSSR count). The van der Waals surface area contributed by atoms with E-state index < -0.39 is 0 Å². The molecule has 25 heavy (non-hydrogen) atoms. The van der Waals surface area contributed by atoms with Crippen molar-refractivity contribution >= 4 is 5.71 Å². The third-order valence-electron chi connectivity index (χ3n) is 5.48. The summed E-state index contributed by atoms with van der Waals surface area (Å²) in [6.45, 7) is 8.79. The van der Waals surface area contributed by atoms with Gasteiger partial charge in [0.15, 0.2) is 0 Å². The molecular formula is C20H31N3O2. The summed E-state index contributed by atoms with van der Waals surface area (Å²) in [5, 5.41) is 12.0. The van der Waals surface area contributed by atoms with Crippen LogP contribution in [-0.4, -0.2) is 66.1 Å². The van der Waals surface area contributed by atoms with Crippen molar-refractivity contribution < 1.29 is 9.94 Å². The average Bonchev–Trinajstić information content (AvgIpc) is 2.67. The minimum Gasteiger partial charge on any atom is -0.494 e. The molecule has 0 saturated carbocycles. The molecule has 0 bridgehead atoms. The highest BCUT2D eigenvalue weighted by atomic mass is 16.5. The number of oxime groups is 1. The zero-order valence-corrected chi connectivity index (χ0v) is 15.4. The molecule has 1 aromatic carbocycles. The molecule has 138 valence electrons. The summed E-state index contributed by atoms with van der Waals surface area (Å²) in [7, 11) is 0. The molecule has 2 fully saturated rings. The summed E-state index contributed by atoms with van der Waals surface area (Å²) in [6.07, 6.45) is 6.47. The Labute approximate surface area is 151 Å². The summed E-state index contributed by atoms with van der Waals surface area (Å²) in [6, 6.07) is 8.53. The van der Waals surface area contributed by atoms with E-state index in [2.05, 4.69) is 15.0 Å². The SMILES string of the molecule is C/C(=N\O)c1ccc(OCCCCN2CCN3CCCCC3C2)cc1. The smallest absolute Gasteiger partial charge is 0.119 e. The maximum Gasteiger partial charge on any atom is 0.119 e. The maximum absolute atomic E-state index is 8.78. The third-order valence-corrected chi connectivity index (χ3v) is 5.48. The first kappa shape index (κ1) is 18.2. The van der Waals surface area contributed by atoms with Crippen molar-refractivity contribution in [3.8, 4) is 5.75 Å². The monoisotopic (exact) mass is 345 g/mol. The molecule has 0 radical (unpaired) electrons. The topological polar surface area (TPSA) is 48.3 Å². The third kappa shape index (κ3) is 5.19. The fourth-order valence-electron chi connectivity index (χ4n) is 3.90. The summed E-state index contributed by atoms with van der Waals surface area (Å²) < 4.78 is 5.82. The highest BCUT2D eigenvalue weighted by Crippen LogP contribution is 2.21. The summed E-state index contributed by atoms with van der Waals surface area (Å²) in [5.41, 5.74) is 1.53. The van der Waals surface area contributed by atoms with Crippen LogP contribution in [0.25, 0.3) is 0 Å². The predicted octanol–water partition coefficient (Wildman–Crippen LogP) is 3.21. The zero-order chi connectivity index (χ0) is 17.5. The Bertz CT molecular complexity index is 559. The van der Waals surface area contributed by atoms with Gasteiger partial charge < -0.3 is 14.8 Å². The van der Waals surface area contributed by atoms with Crippen LogP contribution in [-0.2, 0) is 0 Å². The average molecular weight is 345 g/mol. The molecular weight excluding hydrogens is 314 g/mol. The van der Waals surface area contributed by atoms with Gasteiger partial charge in [0.25, 0.3) is 0 Å². The Balaban J connectivity index is 1.31. The number of benzene rings is 1. The predicted molar refractivity (Wildman–Crippen MR) is 101 cm³/mol. The van der Waals surface area contributed by atoms with Gasteiger partial charge >= 0.3 is 0 Å². The number of nitrogens with zero attached hydrogens (tertiary/aromatic N) is 3. The van der Waals surface area contributed by atoms with E-state index in [0.717, 1.165) is 30.4 Å². The number of hydrogen-bond acceptors (Lipinski definition) is 5. The standard InChI is InChI=1S/C20H31N3O2/c1-17(21-24)18-7-9-20(10-8-18)25-15-5-4-11-22-13-14-23-12-3-2-6-19(23)16-22/h7-10,19,24H,2-6,11-16H2,1H3/b21-17+. The Morgan fingerprint density at radius 3 is 2.80 bits per heavy atom. The van der Waals surface area contributed by atoms with Crippen LogP contribution in [0.1, 0.15) is 44.6 Å². The van der Waals surface area contributed by atoms with Gasteiger partial charge in [0, 0.05) is 25.7 Å². The number of rotatable bonds is 7. The molecule has 1 unspecified atom stereocenters. The van der Waals surface area contributed by atoms with E-state index in [1.54, 1.807) is 6.92 Å². The first-order valence-corrected chi connectivity index (χ1v) is 9.64. The fraction of sp³-hybridized carbons (Fsp3) is 0.650. The van der Waals surface area contributed by atoms with Gasteiger partial charge in [-0.1, -0.05) is 11.6 Å². The molecule has 5 heteroatoms. The minimum absolute atomic E-state index is 0.615. The van der Waals surface area contributed by atoms with Crippen LogP contribution in [0.5, 0.6) is 5.75 Å². The Morgan fingerprint density at radius 1 is 1.16 bits per heavy atom. The Morgan fingerprint density at radius 2 is 2.00 bits per heavy atom. The molecule has 1 N–H and O–H groups in total. The normalized spacial score (nSPS) is 22.6. The maximum atomic E-state index is 8.78. The van der Waals surface area contributed by atoms with Crippen molar-refractivity contribution in [3.05, 3.63) is 29.8 Å². The quantitative estimate of drug-likeness (QED) is 0.357. The van der Waals surface area contributed by atoms with Crippen LogP contribution in [0, 0.1) is 0 Å². The lowest BCUT2D eigenvalue weighted by atomic mass is 9.99. The fourth-order valence-corrected chi connectivity index (χ4v) is 3.90. The highest BCUT2D eigenvalue weighted by molar-refractivity contribution is 5.98. The van der Waals surface area contributed by atoms with E-state index in [1.165, 1.54) is 58.4 Å². The Hall–Kier alpha value is -1.59. The van der Waals surface area contributed by atoms with Crippen LogP contribution in [0.4, 0.5) is 0 Å². The zero-order valence-electron chi connectivity index (χ0n) is 15.4. The molecule has 2 aliphatic heterocycles. The molecule has 1 atom stereocenters. The summed E-state index contributed by atoms with van der Waals surface area (Å²) in [4.78, 5) is 5.33. The molecule has 2 saturated heterocycles. The first-order chi connectivity index (χ1) is 12.3. The second kappa shape index (κ2) is 9.20. The van der Waals surface area contributed by atoms with Gasteiger partial charge in [-0.2, -0.15) is 0 Å². The first-order valence-electron chi connectivity index (χ1n) is 9.64. The van der Waals surface area contributed by atoms with E-state index in [1.807, 2.05) is 24.3 Å². The lowest BCUT2D eigenvalue weighted by molar-refractivity contribution is 0.0482. The van der Waals surface area contributed by atoms with E-state index in [9.17, 15) is 0 Å². The van der Waals surface area contributed by atoms with Gasteiger partial charge in [0.2, 0.25) is 0 Å². The number of fused-ring (bicyclic) bond motifs is 1. The second-order valence-corrected chi connectivity index (χ2v) is 7.25. The van der Waals surface area contributed by atoms with Crippen LogP contribution >= 0.6 is 0 Å². The van der Waals surface area contributed by atoms with Gasteiger partial charge in [0.05, 0.1) is 12.3 Å². The number of hydrogen-bond donors (Lipinski definition) is 1. The number of piperidine rings is 1. The summed E-state index contributed by atoms with van der Waals surface area (Å²) in [5.74, 6) is 0.880. The molecule has 5 nitrogen and oxygen atoms in total. The Kier molecular flexibility index (Phi) is 6.70. The van der Waals surface area contributed by atoms with Crippen molar-refractivity contribution in [1.29, 1.82) is 0 Å². The van der Waals surface area contributed by atoms with Crippen molar-refractivity contribution in [2.24, 2.45) is 5.16 Å². The molecule has 2 aliphatic rings. The number of unbranched alkanes of at least 4 members (excludes halogenated alkanes) is 1. The molecule has 2 heterocycles. The molecule has 0 amide bonds. The van der Waals surface area contributed by atoms with Gasteiger partial charge in [-0.3, -0.25) is 4.90 Å². The summed E-state index contributed by atoms with van der Waals surface area (Å²) >= 11 is 0. The van der Waals surface area contributed by atoms with Gasteiger partial charge in [-0.15, -0.1) is 0 Å². The van der Waals surface area contributed by atoms with E-state index in [4.69, 9.17) is 9.94 Å². The molecule has 0 aliphatic carbocycles. The number of ether oxygens (including phenoxy) is 1. The largest absolute Gasteiger partial charge is 0.494 e. The van der Waals surface area contributed by atoms with Crippen LogP contribution in [0.3, 0.4) is 0 Å². The van der Waals surface area contributed by atoms with Gasteiger partial charge in [-0.25, -0.2) is 0 Å². The highest BCUT2D eigenvalue weighted by Gasteiger charge is 2.28. The van der Waals surface area contributed by atoms with E-state index in [0.29, 0.717) is 5.71 Å². The minimum atomic E-state index is 0.615. The van der Waals surface area contributed by atoms with Gasteiger partial charge in [0.1, 0.15) is 5.75 Å². The number of piperazine rings is 1. The lowest BCUT2D eigenvalue weighted by Gasteiger charge is -2.44. The van der Waals surface area contributed by atoms with E-state index >= 15 is 0 Å². The second-order valence-electron chi connectivity index (χ2n) is 7.25. The van der Waals surface area contributed by atoms with Crippen molar-refractivity contribution in [2.75, 3.05) is 39.3 Å². The van der Waals surface area contributed by atoms with Crippen LogP contribution in [0.15, 0.2) is 29.4 Å². The molecule has 1 aromatic rings. The van der Waals surface area contributed by atoms with Crippen LogP contribution in [0.2, 0.25) is 0 Å². The van der Waals surface area contributed by atoms with Gasteiger partial charge in [-0.05, 0) is 75.5 Å². The van der Waals surface area contributed by atoms with Crippen LogP contribution < -0.4 is 4.74 Å². The lowest BCUT2D eigenvalue weighted by Crippen LogP contribution is -2.54.